The smallest absolute Gasteiger partial charge is 0.416 e. The molecule has 1 aromatic heterocycles. The summed E-state index contributed by atoms with van der Waals surface area (Å²) in [6.45, 7) is 0. The summed E-state index contributed by atoms with van der Waals surface area (Å²) in [7, 11) is 0. The van der Waals surface area contributed by atoms with Crippen molar-refractivity contribution in [2.45, 2.75) is 17.5 Å². The third kappa shape index (κ3) is 4.90. The van der Waals surface area contributed by atoms with Crippen LogP contribution in [0.25, 0.3) is 5.69 Å². The summed E-state index contributed by atoms with van der Waals surface area (Å²) in [6.07, 6.45) is -10.1. The number of halogens is 6. The SMILES string of the molecule is O=C(CSc1nnnn1-c1ccc(O)cc1)c1cc(C(F)(F)F)cc(C(F)(F)F)c1. The third-order valence-electron chi connectivity index (χ3n) is 3.78. The minimum Gasteiger partial charge on any atom is -0.508 e. The second kappa shape index (κ2) is 7.97. The van der Waals surface area contributed by atoms with Crippen molar-refractivity contribution in [3.05, 3.63) is 59.2 Å². The molecule has 6 nitrogen and oxygen atoms in total. The van der Waals surface area contributed by atoms with Crippen molar-refractivity contribution in [1.29, 1.82) is 0 Å². The Morgan fingerprint density at radius 1 is 0.967 bits per heavy atom. The molecule has 0 spiro atoms. The molecule has 0 aliphatic heterocycles. The molecule has 30 heavy (non-hydrogen) atoms. The Bertz CT molecular complexity index is 1030. The van der Waals surface area contributed by atoms with Gasteiger partial charge in [0.15, 0.2) is 5.78 Å². The Hall–Kier alpha value is -3.09. The highest BCUT2D eigenvalue weighted by Crippen LogP contribution is 2.36. The van der Waals surface area contributed by atoms with E-state index in [0.717, 1.165) is 11.8 Å². The van der Waals surface area contributed by atoms with Crippen LogP contribution in [0.3, 0.4) is 0 Å². The average Bonchev–Trinajstić information content (AvgIpc) is 3.13. The largest absolute Gasteiger partial charge is 0.508 e. The summed E-state index contributed by atoms with van der Waals surface area (Å²) in [5, 5.41) is 20.2. The number of carbonyl (C=O) groups excluding carboxylic acids is 1. The number of hydrogen-bond donors (Lipinski definition) is 1. The zero-order valence-electron chi connectivity index (χ0n) is 14.6. The van der Waals surface area contributed by atoms with Gasteiger partial charge in [0.05, 0.1) is 22.6 Å². The van der Waals surface area contributed by atoms with Crippen molar-refractivity contribution < 1.29 is 36.2 Å². The van der Waals surface area contributed by atoms with Crippen LogP contribution in [0.1, 0.15) is 21.5 Å². The molecule has 3 aromatic rings. The fourth-order valence-corrected chi connectivity index (χ4v) is 3.14. The Balaban J connectivity index is 1.84. The van der Waals surface area contributed by atoms with Gasteiger partial charge in [0.2, 0.25) is 5.16 Å². The van der Waals surface area contributed by atoms with E-state index in [1.54, 1.807) is 0 Å². The maximum absolute atomic E-state index is 12.9. The molecule has 0 atom stereocenters. The maximum Gasteiger partial charge on any atom is 0.416 e. The number of Topliss-reactive ketones (excluding diaryl/α,β-unsaturated/α-hetero) is 1. The number of thioether (sulfide) groups is 1. The van der Waals surface area contributed by atoms with Crippen molar-refractivity contribution in [2.75, 3.05) is 5.75 Å². The molecular weight excluding hydrogens is 438 g/mol. The number of alkyl halides is 6. The van der Waals surface area contributed by atoms with Crippen molar-refractivity contribution in [3.8, 4) is 11.4 Å². The van der Waals surface area contributed by atoms with Crippen LogP contribution in [-0.4, -0.2) is 36.8 Å². The Kier molecular flexibility index (Phi) is 5.74. The number of benzene rings is 2. The molecule has 0 radical (unpaired) electrons. The van der Waals surface area contributed by atoms with Crippen LogP contribution in [0.4, 0.5) is 26.3 Å². The lowest BCUT2D eigenvalue weighted by molar-refractivity contribution is -0.143. The van der Waals surface area contributed by atoms with Crippen LogP contribution < -0.4 is 0 Å². The molecule has 1 N–H and O–H groups in total. The molecule has 0 bridgehead atoms. The van der Waals surface area contributed by atoms with Crippen LogP contribution in [-0.2, 0) is 12.4 Å². The molecule has 0 saturated carbocycles. The highest BCUT2D eigenvalue weighted by atomic mass is 32.2. The van der Waals surface area contributed by atoms with Crippen molar-refractivity contribution in [3.63, 3.8) is 0 Å². The van der Waals surface area contributed by atoms with E-state index in [4.69, 9.17) is 0 Å². The number of nitrogens with zero attached hydrogens (tertiary/aromatic N) is 4. The third-order valence-corrected chi connectivity index (χ3v) is 4.70. The second-order valence-corrected chi connectivity index (χ2v) is 6.84. The number of carbonyl (C=O) groups is 1. The minimum atomic E-state index is -5.05. The standard InChI is InChI=1S/C17H10F6N4O2S/c18-16(19,20)10-5-9(6-11(7-10)17(21,22)23)14(29)8-30-15-24-25-26-27(15)12-1-3-13(28)4-2-12/h1-7,28H,8H2. The lowest BCUT2D eigenvalue weighted by atomic mass is 10.0. The lowest BCUT2D eigenvalue weighted by Crippen LogP contribution is -2.14. The van der Waals surface area contributed by atoms with Gasteiger partial charge in [-0.3, -0.25) is 4.79 Å². The van der Waals surface area contributed by atoms with Crippen LogP contribution in [0.2, 0.25) is 0 Å². The Morgan fingerprint density at radius 2 is 1.53 bits per heavy atom. The lowest BCUT2D eigenvalue weighted by Gasteiger charge is -2.13. The molecule has 0 aliphatic carbocycles. The highest BCUT2D eigenvalue weighted by molar-refractivity contribution is 7.99. The number of hydrogen-bond acceptors (Lipinski definition) is 6. The van der Waals surface area contributed by atoms with Crippen LogP contribution >= 0.6 is 11.8 Å². The van der Waals surface area contributed by atoms with Gasteiger partial charge >= 0.3 is 12.4 Å². The van der Waals surface area contributed by atoms with E-state index < -0.39 is 40.6 Å². The van der Waals surface area contributed by atoms with E-state index in [2.05, 4.69) is 15.5 Å². The molecule has 1 heterocycles. The van der Waals surface area contributed by atoms with E-state index in [9.17, 15) is 36.2 Å². The zero-order valence-corrected chi connectivity index (χ0v) is 15.4. The van der Waals surface area contributed by atoms with Gasteiger partial charge in [0.1, 0.15) is 5.75 Å². The van der Waals surface area contributed by atoms with Crippen LogP contribution in [0.5, 0.6) is 5.75 Å². The Morgan fingerprint density at radius 3 is 2.07 bits per heavy atom. The number of phenols is 1. The zero-order chi connectivity index (χ0) is 22.1. The summed E-state index contributed by atoms with van der Waals surface area (Å²) in [5.74, 6) is -1.48. The van der Waals surface area contributed by atoms with Gasteiger partial charge < -0.3 is 5.11 Å². The minimum absolute atomic E-state index is 0.0128. The number of ketones is 1. The number of tetrazole rings is 1. The molecule has 0 amide bonds. The number of rotatable bonds is 5. The Labute approximate surface area is 168 Å². The van der Waals surface area contributed by atoms with Gasteiger partial charge in [-0.05, 0) is 52.9 Å². The van der Waals surface area contributed by atoms with Crippen molar-refractivity contribution in [2.24, 2.45) is 0 Å². The van der Waals surface area contributed by atoms with E-state index in [1.165, 1.54) is 28.9 Å². The molecule has 158 valence electrons. The van der Waals surface area contributed by atoms with Gasteiger partial charge in [0.25, 0.3) is 0 Å². The monoisotopic (exact) mass is 448 g/mol. The summed E-state index contributed by atoms with van der Waals surface area (Å²) in [6, 6.07) is 6.37. The topological polar surface area (TPSA) is 80.9 Å². The van der Waals surface area contributed by atoms with Crippen molar-refractivity contribution >= 4 is 17.5 Å². The molecule has 3 rings (SSSR count). The predicted molar refractivity (Wildman–Crippen MR) is 92.3 cm³/mol. The van der Waals surface area contributed by atoms with Gasteiger partial charge in [-0.25, -0.2) is 0 Å². The molecule has 0 aliphatic rings. The molecule has 13 heteroatoms. The summed E-state index contributed by atoms with van der Waals surface area (Å²) in [4.78, 5) is 12.3. The van der Waals surface area contributed by atoms with E-state index in [1.807, 2.05) is 0 Å². The van der Waals surface area contributed by atoms with E-state index >= 15 is 0 Å². The normalized spacial score (nSPS) is 12.2. The van der Waals surface area contributed by atoms with Crippen LogP contribution in [0.15, 0.2) is 47.6 Å². The van der Waals surface area contributed by atoms with Crippen LogP contribution in [0, 0.1) is 0 Å². The second-order valence-electron chi connectivity index (χ2n) is 5.90. The average molecular weight is 448 g/mol. The molecule has 2 aromatic carbocycles. The number of phenolic OH excluding ortho intramolecular Hbond substituents is 1. The summed E-state index contributed by atoms with van der Waals surface area (Å²) >= 11 is 0.735. The fraction of sp³-hybridized carbons (Fsp3) is 0.176. The first-order valence-electron chi connectivity index (χ1n) is 7.98. The molecule has 0 fully saturated rings. The van der Waals surface area contributed by atoms with E-state index in [-0.39, 0.29) is 17.0 Å². The number of aromatic hydroxyl groups is 1. The fourth-order valence-electron chi connectivity index (χ4n) is 2.35. The summed E-state index contributed by atoms with van der Waals surface area (Å²) in [5.41, 5.74) is -3.45. The predicted octanol–water partition coefficient (Wildman–Crippen LogP) is 4.38. The van der Waals surface area contributed by atoms with Gasteiger partial charge in [-0.1, -0.05) is 11.8 Å². The molecule has 0 unspecified atom stereocenters. The molecule has 0 saturated heterocycles. The van der Waals surface area contributed by atoms with E-state index in [0.29, 0.717) is 17.8 Å². The van der Waals surface area contributed by atoms with Crippen molar-refractivity contribution in [1.82, 2.24) is 20.2 Å². The highest BCUT2D eigenvalue weighted by Gasteiger charge is 2.37. The molecular formula is C17H10F6N4O2S. The first-order valence-corrected chi connectivity index (χ1v) is 8.97. The maximum atomic E-state index is 12.9. The number of aromatic nitrogens is 4. The first kappa shape index (κ1) is 21.6. The van der Waals surface area contributed by atoms with Gasteiger partial charge in [0, 0.05) is 5.56 Å². The van der Waals surface area contributed by atoms with Gasteiger partial charge in [-0.2, -0.15) is 31.0 Å². The first-order chi connectivity index (χ1) is 13.9. The summed E-state index contributed by atoms with van der Waals surface area (Å²) < 4.78 is 78.9. The van der Waals surface area contributed by atoms with Gasteiger partial charge in [-0.15, -0.1) is 5.10 Å². The quantitative estimate of drug-likeness (QED) is 0.355.